The van der Waals surface area contributed by atoms with Crippen LogP contribution >= 0.6 is 0 Å². The van der Waals surface area contributed by atoms with Gasteiger partial charge in [-0.2, -0.15) is 0 Å². The number of anilines is 1. The second-order valence-corrected chi connectivity index (χ2v) is 11.6. The van der Waals surface area contributed by atoms with E-state index in [4.69, 9.17) is 0 Å². The van der Waals surface area contributed by atoms with Gasteiger partial charge in [-0.3, -0.25) is 13.9 Å². The van der Waals surface area contributed by atoms with E-state index in [1.165, 1.54) is 9.21 Å². The molecule has 39 heavy (non-hydrogen) atoms. The van der Waals surface area contributed by atoms with Gasteiger partial charge in [0.25, 0.3) is 10.0 Å². The van der Waals surface area contributed by atoms with Gasteiger partial charge in [0.05, 0.1) is 10.6 Å². The normalized spacial score (nSPS) is 12.0. The fourth-order valence-corrected chi connectivity index (χ4v) is 6.00. The number of rotatable bonds is 12. The van der Waals surface area contributed by atoms with E-state index in [0.29, 0.717) is 25.1 Å². The SMILES string of the molecule is CCNC(=O)[C@@H](CC)N(CCc1ccccc1)C(=O)CN(c1cc(C)ccc1C)S(=O)(=O)c1ccc(C)cc1. The molecule has 3 aromatic carbocycles. The Morgan fingerprint density at radius 3 is 2.13 bits per heavy atom. The van der Waals surface area contributed by atoms with Gasteiger partial charge in [0, 0.05) is 13.1 Å². The van der Waals surface area contributed by atoms with Gasteiger partial charge in [-0.15, -0.1) is 0 Å². The van der Waals surface area contributed by atoms with Crippen LogP contribution in [0.4, 0.5) is 5.69 Å². The molecule has 0 fully saturated rings. The van der Waals surface area contributed by atoms with Crippen molar-refractivity contribution < 1.29 is 18.0 Å². The standard InChI is InChI=1S/C31H39N3O4S/c1-6-28(31(36)32-7-2)33(20-19-26-11-9-8-10-12-26)30(35)22-34(29-21-24(4)13-16-25(29)5)39(37,38)27-17-14-23(3)15-18-27/h8-18,21,28H,6-7,19-20,22H2,1-5H3,(H,32,36)/t28-/m1/s1. The molecule has 2 amide bonds. The van der Waals surface area contributed by atoms with Gasteiger partial charge in [0.2, 0.25) is 11.8 Å². The number of carbonyl (C=O) groups excluding carboxylic acids is 2. The Hall–Kier alpha value is -3.65. The first kappa shape index (κ1) is 29.9. The van der Waals surface area contributed by atoms with Crippen LogP contribution in [0, 0.1) is 20.8 Å². The van der Waals surface area contributed by atoms with Gasteiger partial charge in [0.15, 0.2) is 0 Å². The zero-order valence-electron chi connectivity index (χ0n) is 23.5. The largest absolute Gasteiger partial charge is 0.355 e. The fourth-order valence-electron chi connectivity index (χ4n) is 4.53. The number of sulfonamides is 1. The highest BCUT2D eigenvalue weighted by Gasteiger charge is 2.33. The van der Waals surface area contributed by atoms with Crippen LogP contribution in [0.2, 0.25) is 0 Å². The zero-order chi connectivity index (χ0) is 28.6. The summed E-state index contributed by atoms with van der Waals surface area (Å²) < 4.78 is 29.2. The summed E-state index contributed by atoms with van der Waals surface area (Å²) in [6.07, 6.45) is 0.942. The molecule has 0 saturated carbocycles. The van der Waals surface area contributed by atoms with E-state index in [9.17, 15) is 18.0 Å². The van der Waals surface area contributed by atoms with Crippen molar-refractivity contribution in [3.05, 3.63) is 95.1 Å². The number of benzene rings is 3. The third kappa shape index (κ3) is 7.47. The van der Waals surface area contributed by atoms with E-state index in [0.717, 1.165) is 22.3 Å². The van der Waals surface area contributed by atoms with Crippen LogP contribution in [0.3, 0.4) is 0 Å². The van der Waals surface area contributed by atoms with Gasteiger partial charge in [-0.1, -0.05) is 67.1 Å². The summed E-state index contributed by atoms with van der Waals surface area (Å²) >= 11 is 0. The molecule has 1 N–H and O–H groups in total. The molecule has 1 atom stereocenters. The minimum absolute atomic E-state index is 0.105. The van der Waals surface area contributed by atoms with Crippen LogP contribution in [-0.4, -0.2) is 50.8 Å². The van der Waals surface area contributed by atoms with E-state index < -0.39 is 28.5 Å². The first-order valence-electron chi connectivity index (χ1n) is 13.4. The predicted octanol–water partition coefficient (Wildman–Crippen LogP) is 4.79. The van der Waals surface area contributed by atoms with Crippen LogP contribution in [0.5, 0.6) is 0 Å². The van der Waals surface area contributed by atoms with Gasteiger partial charge in [-0.25, -0.2) is 8.42 Å². The second-order valence-electron chi connectivity index (χ2n) is 9.76. The zero-order valence-corrected chi connectivity index (χ0v) is 24.3. The molecule has 0 radical (unpaired) electrons. The van der Waals surface area contributed by atoms with Crippen molar-refractivity contribution in [1.29, 1.82) is 0 Å². The maximum atomic E-state index is 14.0. The molecular formula is C31H39N3O4S. The number of amides is 2. The van der Waals surface area contributed by atoms with Crippen molar-refractivity contribution in [2.75, 3.05) is 23.9 Å². The second kappa shape index (κ2) is 13.4. The molecule has 0 aliphatic carbocycles. The average molecular weight is 550 g/mol. The Balaban J connectivity index is 2.05. The molecule has 3 rings (SSSR count). The predicted molar refractivity (Wildman–Crippen MR) is 156 cm³/mol. The molecule has 208 valence electrons. The smallest absolute Gasteiger partial charge is 0.264 e. The molecule has 8 heteroatoms. The van der Waals surface area contributed by atoms with E-state index in [2.05, 4.69) is 5.32 Å². The summed E-state index contributed by atoms with van der Waals surface area (Å²) in [5, 5.41) is 2.83. The van der Waals surface area contributed by atoms with Crippen molar-refractivity contribution in [2.24, 2.45) is 0 Å². The number of likely N-dealkylation sites (N-methyl/N-ethyl adjacent to an activating group) is 1. The lowest BCUT2D eigenvalue weighted by Crippen LogP contribution is -2.53. The Labute approximate surface area is 232 Å². The average Bonchev–Trinajstić information content (AvgIpc) is 2.91. The monoisotopic (exact) mass is 549 g/mol. The van der Waals surface area contributed by atoms with Crippen molar-refractivity contribution in [3.63, 3.8) is 0 Å². The molecule has 0 aliphatic rings. The van der Waals surface area contributed by atoms with E-state index >= 15 is 0 Å². The number of hydrogen-bond donors (Lipinski definition) is 1. The molecule has 3 aromatic rings. The molecule has 7 nitrogen and oxygen atoms in total. The van der Waals surface area contributed by atoms with Crippen LogP contribution in [0.1, 0.15) is 42.5 Å². The maximum absolute atomic E-state index is 14.0. The maximum Gasteiger partial charge on any atom is 0.264 e. The highest BCUT2D eigenvalue weighted by atomic mass is 32.2. The fraction of sp³-hybridized carbons (Fsp3) is 0.355. The third-order valence-electron chi connectivity index (χ3n) is 6.74. The van der Waals surface area contributed by atoms with Crippen LogP contribution < -0.4 is 9.62 Å². The number of nitrogens with zero attached hydrogens (tertiary/aromatic N) is 2. The van der Waals surface area contributed by atoms with Gasteiger partial charge < -0.3 is 10.2 Å². The van der Waals surface area contributed by atoms with Crippen LogP contribution in [0.15, 0.2) is 77.7 Å². The van der Waals surface area contributed by atoms with E-state index in [1.807, 2.05) is 77.1 Å². The number of carbonyl (C=O) groups is 2. The first-order chi connectivity index (χ1) is 18.6. The Morgan fingerprint density at radius 1 is 0.872 bits per heavy atom. The highest BCUT2D eigenvalue weighted by molar-refractivity contribution is 7.92. The number of hydrogen-bond acceptors (Lipinski definition) is 4. The summed E-state index contributed by atoms with van der Waals surface area (Å²) in [6, 6.07) is 21.1. The molecule has 0 saturated heterocycles. The minimum Gasteiger partial charge on any atom is -0.355 e. The van der Waals surface area contributed by atoms with Gasteiger partial charge in [-0.05, 0) is 75.4 Å². The van der Waals surface area contributed by atoms with Crippen molar-refractivity contribution >= 4 is 27.5 Å². The van der Waals surface area contributed by atoms with Gasteiger partial charge in [0.1, 0.15) is 12.6 Å². The Morgan fingerprint density at radius 2 is 1.51 bits per heavy atom. The van der Waals surface area contributed by atoms with Crippen molar-refractivity contribution in [2.45, 2.75) is 58.4 Å². The van der Waals surface area contributed by atoms with Crippen LogP contribution in [0.25, 0.3) is 0 Å². The highest BCUT2D eigenvalue weighted by Crippen LogP contribution is 2.28. The Bertz CT molecular complexity index is 1370. The molecule has 0 heterocycles. The lowest BCUT2D eigenvalue weighted by Gasteiger charge is -2.33. The van der Waals surface area contributed by atoms with Gasteiger partial charge >= 0.3 is 0 Å². The molecule has 0 unspecified atom stereocenters. The molecule has 0 bridgehead atoms. The van der Waals surface area contributed by atoms with E-state index in [1.54, 1.807) is 30.3 Å². The first-order valence-corrected chi connectivity index (χ1v) is 14.8. The Kier molecular flexibility index (Phi) is 10.3. The summed E-state index contributed by atoms with van der Waals surface area (Å²) in [5.74, 6) is -0.679. The minimum atomic E-state index is -4.08. The van der Waals surface area contributed by atoms with Crippen molar-refractivity contribution in [1.82, 2.24) is 10.2 Å². The summed E-state index contributed by atoms with van der Waals surface area (Å²) in [6.45, 7) is 9.58. The number of nitrogens with one attached hydrogen (secondary N) is 1. The summed E-state index contributed by atoms with van der Waals surface area (Å²) in [5.41, 5.74) is 4.01. The van der Waals surface area contributed by atoms with Crippen molar-refractivity contribution in [3.8, 4) is 0 Å². The quantitative estimate of drug-likeness (QED) is 0.352. The number of aryl methyl sites for hydroxylation is 3. The molecule has 0 spiro atoms. The summed E-state index contributed by atoms with van der Waals surface area (Å²) in [7, 11) is -4.08. The lowest BCUT2D eigenvalue weighted by molar-refractivity contribution is -0.139. The van der Waals surface area contributed by atoms with E-state index in [-0.39, 0.29) is 17.3 Å². The summed E-state index contributed by atoms with van der Waals surface area (Å²) in [4.78, 5) is 28.7. The molecule has 0 aliphatic heterocycles. The lowest BCUT2D eigenvalue weighted by atomic mass is 10.1. The topological polar surface area (TPSA) is 86.8 Å². The van der Waals surface area contributed by atoms with Crippen LogP contribution in [-0.2, 0) is 26.0 Å². The third-order valence-corrected chi connectivity index (χ3v) is 8.52. The molecule has 0 aromatic heterocycles. The molecular weight excluding hydrogens is 510 g/mol.